The van der Waals surface area contributed by atoms with Gasteiger partial charge in [0.15, 0.2) is 0 Å². The van der Waals surface area contributed by atoms with E-state index in [1.54, 1.807) is 23.5 Å². The van der Waals surface area contributed by atoms with E-state index in [9.17, 15) is 10.1 Å². The van der Waals surface area contributed by atoms with Crippen molar-refractivity contribution in [3.63, 3.8) is 0 Å². The van der Waals surface area contributed by atoms with E-state index < -0.39 is 5.97 Å². The van der Waals surface area contributed by atoms with E-state index in [1.807, 2.05) is 25.1 Å². The van der Waals surface area contributed by atoms with Crippen molar-refractivity contribution < 1.29 is 14.8 Å². The normalized spacial score (nSPS) is 11.8. The van der Waals surface area contributed by atoms with Crippen LogP contribution in [0.15, 0.2) is 36.4 Å². The Labute approximate surface area is 136 Å². The predicted molar refractivity (Wildman–Crippen MR) is 91.9 cm³/mol. The van der Waals surface area contributed by atoms with Gasteiger partial charge in [0.1, 0.15) is 0 Å². The highest BCUT2D eigenvalue weighted by Crippen LogP contribution is 2.36. The van der Waals surface area contributed by atoms with Crippen molar-refractivity contribution in [1.82, 2.24) is 0 Å². The monoisotopic (exact) mass is 332 g/mol. The second-order valence-electron chi connectivity index (χ2n) is 5.10. The maximum absolute atomic E-state index is 10.8. The molecule has 1 unspecified atom stereocenters. The maximum atomic E-state index is 10.8. The van der Waals surface area contributed by atoms with Gasteiger partial charge in [-0.3, -0.25) is 14.9 Å². The fourth-order valence-electron chi connectivity index (χ4n) is 2.18. The van der Waals surface area contributed by atoms with Crippen LogP contribution in [0, 0.1) is 10.1 Å². The summed E-state index contributed by atoms with van der Waals surface area (Å²) in [5.74, 6) is -0.833. The van der Waals surface area contributed by atoms with Crippen molar-refractivity contribution in [2.45, 2.75) is 19.9 Å². The van der Waals surface area contributed by atoms with Crippen LogP contribution in [0.2, 0.25) is 0 Å². The van der Waals surface area contributed by atoms with E-state index >= 15 is 0 Å². The molecule has 0 spiro atoms. The summed E-state index contributed by atoms with van der Waals surface area (Å²) in [6.45, 7) is 3.03. The fraction of sp³-hybridized carbons (Fsp3) is 0.188. The van der Waals surface area contributed by atoms with Gasteiger partial charge in [0, 0.05) is 45.3 Å². The molecule has 3 aromatic rings. The first-order valence-electron chi connectivity index (χ1n) is 6.85. The number of fused-ring (bicyclic) bond motifs is 3. The minimum Gasteiger partial charge on any atom is -0.481 e. The SMILES string of the molecule is CC(=O)O.CC(N)c1ccc2c(c1)sc1cc([N+](=O)[O-])ccc12. The van der Waals surface area contributed by atoms with Crippen LogP contribution in [0.3, 0.4) is 0 Å². The summed E-state index contributed by atoms with van der Waals surface area (Å²) in [4.78, 5) is 19.4. The van der Waals surface area contributed by atoms with Gasteiger partial charge in [0.05, 0.1) is 4.92 Å². The highest BCUT2D eigenvalue weighted by atomic mass is 32.1. The Morgan fingerprint density at radius 2 is 1.74 bits per heavy atom. The topological polar surface area (TPSA) is 106 Å². The zero-order chi connectivity index (χ0) is 17.1. The number of rotatable bonds is 2. The van der Waals surface area contributed by atoms with Gasteiger partial charge in [-0.05, 0) is 24.6 Å². The van der Waals surface area contributed by atoms with Gasteiger partial charge in [0.2, 0.25) is 0 Å². The number of nitrogens with zero attached hydrogens (tertiary/aromatic N) is 1. The van der Waals surface area contributed by atoms with Gasteiger partial charge in [-0.2, -0.15) is 0 Å². The molecule has 3 rings (SSSR count). The number of carboxylic acids is 1. The molecule has 0 aliphatic rings. The van der Waals surface area contributed by atoms with Gasteiger partial charge < -0.3 is 10.8 Å². The van der Waals surface area contributed by atoms with Gasteiger partial charge >= 0.3 is 0 Å². The van der Waals surface area contributed by atoms with Gasteiger partial charge in [-0.25, -0.2) is 0 Å². The number of non-ortho nitro benzene ring substituents is 1. The number of thiophene rings is 1. The fourth-order valence-corrected chi connectivity index (χ4v) is 3.37. The molecule has 1 aromatic heterocycles. The molecule has 0 saturated carbocycles. The first kappa shape index (κ1) is 16.9. The van der Waals surface area contributed by atoms with Crippen LogP contribution in [0.25, 0.3) is 20.2 Å². The third-order valence-corrected chi connectivity index (χ3v) is 4.33. The number of nitro groups is 1. The molecule has 23 heavy (non-hydrogen) atoms. The van der Waals surface area contributed by atoms with Crippen molar-refractivity contribution in [1.29, 1.82) is 0 Å². The Bertz CT molecular complexity index is 882. The maximum Gasteiger partial charge on any atom is 0.300 e. The lowest BCUT2D eigenvalue weighted by molar-refractivity contribution is -0.384. The second kappa shape index (κ2) is 6.72. The molecule has 0 amide bonds. The Balaban J connectivity index is 0.000000433. The van der Waals surface area contributed by atoms with Crippen molar-refractivity contribution >= 4 is 43.2 Å². The van der Waals surface area contributed by atoms with Crippen LogP contribution < -0.4 is 5.73 Å². The number of hydrogen-bond donors (Lipinski definition) is 2. The molecule has 0 aliphatic carbocycles. The Morgan fingerprint density at radius 3 is 2.26 bits per heavy atom. The molecular formula is C16H16N2O4S. The van der Waals surface area contributed by atoms with Crippen molar-refractivity contribution in [2.75, 3.05) is 0 Å². The zero-order valence-corrected chi connectivity index (χ0v) is 13.5. The van der Waals surface area contributed by atoms with Crippen molar-refractivity contribution in [3.05, 3.63) is 52.1 Å². The number of carbonyl (C=O) groups is 1. The van der Waals surface area contributed by atoms with Crippen LogP contribution in [-0.2, 0) is 4.79 Å². The first-order chi connectivity index (χ1) is 10.8. The average Bonchev–Trinajstić information content (AvgIpc) is 2.82. The molecule has 0 aliphatic heterocycles. The summed E-state index contributed by atoms with van der Waals surface area (Å²) >= 11 is 1.56. The summed E-state index contributed by atoms with van der Waals surface area (Å²) in [7, 11) is 0. The number of nitrogens with two attached hydrogens (primary N) is 1. The minimum atomic E-state index is -0.833. The molecule has 1 heterocycles. The minimum absolute atomic E-state index is 0.0102. The van der Waals surface area contributed by atoms with Crippen LogP contribution in [0.1, 0.15) is 25.5 Å². The molecule has 0 fully saturated rings. The first-order valence-corrected chi connectivity index (χ1v) is 7.67. The summed E-state index contributed by atoms with van der Waals surface area (Å²) in [6, 6.07) is 11.1. The average molecular weight is 332 g/mol. The highest BCUT2D eigenvalue weighted by Gasteiger charge is 2.11. The molecule has 0 radical (unpaired) electrons. The van der Waals surface area contributed by atoms with E-state index in [0.29, 0.717) is 0 Å². The van der Waals surface area contributed by atoms with E-state index in [2.05, 4.69) is 6.07 Å². The van der Waals surface area contributed by atoms with Gasteiger partial charge in [-0.15, -0.1) is 11.3 Å². The van der Waals surface area contributed by atoms with Crippen LogP contribution in [0.4, 0.5) is 5.69 Å². The molecule has 120 valence electrons. The zero-order valence-electron chi connectivity index (χ0n) is 12.6. The standard InChI is InChI=1S/C14H12N2O2S.C2H4O2/c1-8(15)9-2-4-11-12-5-3-10(16(17)18)7-14(12)19-13(11)6-9;1-2(3)4/h2-8H,15H2,1H3;1H3,(H,3,4). The molecule has 1 atom stereocenters. The predicted octanol–water partition coefficient (Wildman–Crippen LogP) is 4.07. The lowest BCUT2D eigenvalue weighted by Crippen LogP contribution is -2.03. The van der Waals surface area contributed by atoms with Crippen LogP contribution in [-0.4, -0.2) is 16.0 Å². The van der Waals surface area contributed by atoms with E-state index in [-0.39, 0.29) is 16.7 Å². The summed E-state index contributed by atoms with van der Waals surface area (Å²) in [5, 5.41) is 20.4. The second-order valence-corrected chi connectivity index (χ2v) is 6.19. The Hall–Kier alpha value is -2.51. The molecular weight excluding hydrogens is 316 g/mol. The highest BCUT2D eigenvalue weighted by molar-refractivity contribution is 7.25. The van der Waals surface area contributed by atoms with Crippen LogP contribution >= 0.6 is 11.3 Å². The summed E-state index contributed by atoms with van der Waals surface area (Å²) in [5.41, 5.74) is 7.09. The summed E-state index contributed by atoms with van der Waals surface area (Å²) in [6.07, 6.45) is 0. The molecule has 6 nitrogen and oxygen atoms in total. The number of hydrogen-bond acceptors (Lipinski definition) is 5. The molecule has 3 N–H and O–H groups in total. The third kappa shape index (κ3) is 3.82. The smallest absolute Gasteiger partial charge is 0.300 e. The Morgan fingerprint density at radius 1 is 1.22 bits per heavy atom. The number of benzene rings is 2. The third-order valence-electron chi connectivity index (χ3n) is 3.22. The molecule has 7 heteroatoms. The number of nitro benzene ring substituents is 1. The molecule has 0 saturated heterocycles. The Kier molecular flexibility index (Phi) is 4.92. The van der Waals surface area contributed by atoms with Crippen molar-refractivity contribution in [2.24, 2.45) is 5.73 Å². The lowest BCUT2D eigenvalue weighted by Gasteiger charge is -2.04. The van der Waals surface area contributed by atoms with E-state index in [4.69, 9.17) is 15.6 Å². The largest absolute Gasteiger partial charge is 0.481 e. The van der Waals surface area contributed by atoms with Gasteiger partial charge in [0.25, 0.3) is 11.7 Å². The number of carboxylic acid groups (broad SMARTS) is 1. The van der Waals surface area contributed by atoms with E-state index in [1.165, 1.54) is 0 Å². The quantitative estimate of drug-likeness (QED) is 0.543. The lowest BCUT2D eigenvalue weighted by atomic mass is 10.1. The number of aliphatic carboxylic acids is 1. The van der Waals surface area contributed by atoms with E-state index in [0.717, 1.165) is 32.7 Å². The van der Waals surface area contributed by atoms with Crippen LogP contribution in [0.5, 0.6) is 0 Å². The molecule has 0 bridgehead atoms. The molecule has 2 aromatic carbocycles. The van der Waals surface area contributed by atoms with Crippen molar-refractivity contribution in [3.8, 4) is 0 Å². The summed E-state index contributed by atoms with van der Waals surface area (Å²) < 4.78 is 2.05. The van der Waals surface area contributed by atoms with Gasteiger partial charge in [-0.1, -0.05) is 12.1 Å².